The normalized spacial score (nSPS) is 11.8. The Morgan fingerprint density at radius 2 is 2.16 bits per heavy atom. The summed E-state index contributed by atoms with van der Waals surface area (Å²) in [5, 5.41) is 3.04. The smallest absolute Gasteiger partial charge is 0.337 e. The van der Waals surface area contributed by atoms with Crippen LogP contribution < -0.4 is 11.1 Å². The molecule has 1 rings (SSSR count). The molecule has 3 N–H and O–H groups in total. The number of carbonyl (C=O) groups is 2. The molecule has 0 fully saturated rings. The summed E-state index contributed by atoms with van der Waals surface area (Å²) >= 11 is 5.98. The fourth-order valence-corrected chi connectivity index (χ4v) is 1.67. The highest BCUT2D eigenvalue weighted by Gasteiger charge is 2.15. The number of anilines is 1. The SMILES string of the molecule is COC(=O)c1ccc(Cl)c(NC(=O)C(C)CCN)c1. The van der Waals surface area contributed by atoms with E-state index in [0.717, 1.165) is 0 Å². The van der Waals surface area contributed by atoms with E-state index < -0.39 is 5.97 Å². The summed E-state index contributed by atoms with van der Waals surface area (Å²) in [6.07, 6.45) is 0.583. The molecule has 0 aliphatic rings. The third-order valence-corrected chi connectivity index (χ3v) is 3.02. The minimum absolute atomic E-state index is 0.186. The molecular formula is C13H17ClN2O3. The number of ether oxygens (including phenoxy) is 1. The monoisotopic (exact) mass is 284 g/mol. The van der Waals surface area contributed by atoms with Gasteiger partial charge in [0.1, 0.15) is 0 Å². The zero-order valence-corrected chi connectivity index (χ0v) is 11.7. The minimum Gasteiger partial charge on any atom is -0.465 e. The number of rotatable bonds is 5. The predicted octanol–water partition coefficient (Wildman–Crippen LogP) is 2.05. The van der Waals surface area contributed by atoms with Gasteiger partial charge in [-0.1, -0.05) is 18.5 Å². The van der Waals surface area contributed by atoms with Gasteiger partial charge in [0.25, 0.3) is 0 Å². The average Bonchev–Trinajstić information content (AvgIpc) is 2.40. The lowest BCUT2D eigenvalue weighted by molar-refractivity contribution is -0.119. The summed E-state index contributed by atoms with van der Waals surface area (Å²) in [7, 11) is 1.29. The first-order valence-corrected chi connectivity index (χ1v) is 6.26. The van der Waals surface area contributed by atoms with Crippen molar-refractivity contribution in [3.63, 3.8) is 0 Å². The van der Waals surface area contributed by atoms with Crippen LogP contribution >= 0.6 is 11.6 Å². The van der Waals surface area contributed by atoms with Gasteiger partial charge in [-0.25, -0.2) is 4.79 Å². The van der Waals surface area contributed by atoms with Crippen LogP contribution in [0.25, 0.3) is 0 Å². The number of benzene rings is 1. The van der Waals surface area contributed by atoms with Gasteiger partial charge in [-0.2, -0.15) is 0 Å². The van der Waals surface area contributed by atoms with E-state index in [1.807, 2.05) is 0 Å². The molecule has 0 aromatic heterocycles. The van der Waals surface area contributed by atoms with Crippen LogP contribution in [0.2, 0.25) is 5.02 Å². The first kappa shape index (κ1) is 15.5. The molecule has 5 nitrogen and oxygen atoms in total. The molecule has 1 aromatic rings. The van der Waals surface area contributed by atoms with Crippen molar-refractivity contribution in [3.05, 3.63) is 28.8 Å². The number of amides is 1. The Bertz CT molecular complexity index is 477. The number of esters is 1. The molecule has 1 atom stereocenters. The lowest BCUT2D eigenvalue weighted by Crippen LogP contribution is -2.23. The number of carbonyl (C=O) groups excluding carboxylic acids is 2. The van der Waals surface area contributed by atoms with Gasteiger partial charge in [0, 0.05) is 5.92 Å². The van der Waals surface area contributed by atoms with Crippen molar-refractivity contribution < 1.29 is 14.3 Å². The fraction of sp³-hybridized carbons (Fsp3) is 0.385. The molecular weight excluding hydrogens is 268 g/mol. The molecule has 1 unspecified atom stereocenters. The topological polar surface area (TPSA) is 81.4 Å². The van der Waals surface area contributed by atoms with Gasteiger partial charge in [-0.05, 0) is 31.2 Å². The summed E-state index contributed by atoms with van der Waals surface area (Å²) in [4.78, 5) is 23.3. The lowest BCUT2D eigenvalue weighted by atomic mass is 10.1. The fourth-order valence-electron chi connectivity index (χ4n) is 1.50. The first-order valence-electron chi connectivity index (χ1n) is 5.88. The van der Waals surface area contributed by atoms with Crippen molar-refractivity contribution in [1.82, 2.24) is 0 Å². The number of nitrogens with one attached hydrogen (secondary N) is 1. The zero-order chi connectivity index (χ0) is 14.4. The van der Waals surface area contributed by atoms with Gasteiger partial charge in [0.15, 0.2) is 0 Å². The summed E-state index contributed by atoms with van der Waals surface area (Å²) in [6, 6.07) is 4.56. The second-order valence-corrected chi connectivity index (χ2v) is 4.56. The van der Waals surface area contributed by atoms with E-state index in [0.29, 0.717) is 29.2 Å². The Morgan fingerprint density at radius 3 is 2.74 bits per heavy atom. The number of nitrogens with two attached hydrogens (primary N) is 1. The third kappa shape index (κ3) is 4.22. The van der Waals surface area contributed by atoms with Crippen LogP contribution in [0.3, 0.4) is 0 Å². The average molecular weight is 285 g/mol. The van der Waals surface area contributed by atoms with Crippen LogP contribution in [-0.4, -0.2) is 25.5 Å². The Kier molecular flexibility index (Phi) is 5.79. The van der Waals surface area contributed by atoms with Crippen molar-refractivity contribution in [1.29, 1.82) is 0 Å². The molecule has 0 aliphatic heterocycles. The van der Waals surface area contributed by atoms with E-state index in [2.05, 4.69) is 10.1 Å². The molecule has 0 heterocycles. The molecule has 0 spiro atoms. The minimum atomic E-state index is -0.484. The molecule has 0 saturated heterocycles. The maximum atomic E-state index is 11.9. The number of hydrogen-bond donors (Lipinski definition) is 2. The van der Waals surface area contributed by atoms with Crippen LogP contribution in [-0.2, 0) is 9.53 Å². The highest BCUT2D eigenvalue weighted by molar-refractivity contribution is 6.33. The molecule has 1 amide bonds. The molecule has 19 heavy (non-hydrogen) atoms. The van der Waals surface area contributed by atoms with Crippen molar-refractivity contribution >= 4 is 29.2 Å². The summed E-state index contributed by atoms with van der Waals surface area (Å²) in [6.45, 7) is 2.21. The zero-order valence-electron chi connectivity index (χ0n) is 10.9. The second-order valence-electron chi connectivity index (χ2n) is 4.15. The van der Waals surface area contributed by atoms with E-state index in [1.54, 1.807) is 6.92 Å². The predicted molar refractivity (Wildman–Crippen MR) is 74.3 cm³/mol. The standard InChI is InChI=1S/C13H17ClN2O3/c1-8(5-6-15)12(17)16-11-7-9(13(18)19-2)3-4-10(11)14/h3-4,7-8H,5-6,15H2,1-2H3,(H,16,17). The third-order valence-electron chi connectivity index (χ3n) is 2.69. The molecule has 0 aliphatic carbocycles. The van der Waals surface area contributed by atoms with Crippen LogP contribution in [0.5, 0.6) is 0 Å². The Morgan fingerprint density at radius 1 is 1.47 bits per heavy atom. The number of halogens is 1. The van der Waals surface area contributed by atoms with E-state index in [9.17, 15) is 9.59 Å². The lowest BCUT2D eigenvalue weighted by Gasteiger charge is -2.13. The molecule has 6 heteroatoms. The summed E-state index contributed by atoms with van der Waals surface area (Å²) in [5.74, 6) is -0.889. The van der Waals surface area contributed by atoms with Crippen molar-refractivity contribution in [2.24, 2.45) is 11.7 Å². The van der Waals surface area contributed by atoms with Gasteiger partial charge >= 0.3 is 5.97 Å². The van der Waals surface area contributed by atoms with E-state index in [1.165, 1.54) is 25.3 Å². The van der Waals surface area contributed by atoms with E-state index in [-0.39, 0.29) is 11.8 Å². The van der Waals surface area contributed by atoms with Crippen LogP contribution in [0.1, 0.15) is 23.7 Å². The Hall–Kier alpha value is -1.59. The van der Waals surface area contributed by atoms with Gasteiger partial charge in [-0.15, -0.1) is 0 Å². The van der Waals surface area contributed by atoms with Crippen LogP contribution in [0.4, 0.5) is 5.69 Å². The van der Waals surface area contributed by atoms with Crippen molar-refractivity contribution in [3.8, 4) is 0 Å². The quantitative estimate of drug-likeness (QED) is 0.811. The summed E-state index contributed by atoms with van der Waals surface area (Å²) < 4.78 is 4.61. The highest BCUT2D eigenvalue weighted by Crippen LogP contribution is 2.24. The molecule has 1 aromatic carbocycles. The molecule has 0 radical (unpaired) electrons. The van der Waals surface area contributed by atoms with Crippen LogP contribution in [0.15, 0.2) is 18.2 Å². The molecule has 0 bridgehead atoms. The van der Waals surface area contributed by atoms with Gasteiger partial charge in [-0.3, -0.25) is 4.79 Å². The van der Waals surface area contributed by atoms with E-state index >= 15 is 0 Å². The molecule has 104 valence electrons. The highest BCUT2D eigenvalue weighted by atomic mass is 35.5. The van der Waals surface area contributed by atoms with Crippen molar-refractivity contribution in [2.45, 2.75) is 13.3 Å². The van der Waals surface area contributed by atoms with Gasteiger partial charge < -0.3 is 15.8 Å². The number of hydrogen-bond acceptors (Lipinski definition) is 4. The molecule has 0 saturated carbocycles. The summed E-state index contributed by atoms with van der Waals surface area (Å²) in [5.41, 5.74) is 6.12. The number of methoxy groups -OCH3 is 1. The van der Waals surface area contributed by atoms with Crippen LogP contribution in [0, 0.1) is 5.92 Å². The van der Waals surface area contributed by atoms with E-state index in [4.69, 9.17) is 17.3 Å². The largest absolute Gasteiger partial charge is 0.465 e. The second kappa shape index (κ2) is 7.11. The maximum Gasteiger partial charge on any atom is 0.337 e. The first-order chi connectivity index (χ1) is 8.99. The Balaban J connectivity index is 2.88. The maximum absolute atomic E-state index is 11.9. The van der Waals surface area contributed by atoms with Gasteiger partial charge in [0.2, 0.25) is 5.91 Å². The van der Waals surface area contributed by atoms with Crippen molar-refractivity contribution in [2.75, 3.05) is 19.0 Å². The van der Waals surface area contributed by atoms with Gasteiger partial charge in [0.05, 0.1) is 23.4 Å². The Labute approximate surface area is 117 Å².